The Bertz CT molecular complexity index is 445. The number of carbonyl (C=O) groups is 2. The van der Waals surface area contributed by atoms with Gasteiger partial charge in [-0.05, 0) is 30.7 Å². The van der Waals surface area contributed by atoms with Crippen LogP contribution in [0.4, 0.5) is 0 Å². The molecule has 0 aliphatic rings. The van der Waals surface area contributed by atoms with E-state index in [0.29, 0.717) is 17.0 Å². The van der Waals surface area contributed by atoms with Gasteiger partial charge in [-0.1, -0.05) is 44.2 Å². The van der Waals surface area contributed by atoms with Crippen LogP contribution in [0.2, 0.25) is 5.02 Å². The van der Waals surface area contributed by atoms with Gasteiger partial charge in [-0.2, -0.15) is 0 Å². The molecule has 4 nitrogen and oxygen atoms in total. The molecule has 5 heteroatoms. The lowest BCUT2D eigenvalue weighted by atomic mass is 10.1. The molecule has 1 rings (SSSR count). The van der Waals surface area contributed by atoms with E-state index in [9.17, 15) is 9.59 Å². The van der Waals surface area contributed by atoms with Crippen molar-refractivity contribution in [3.63, 3.8) is 0 Å². The van der Waals surface area contributed by atoms with Crippen LogP contribution < -0.4 is 5.32 Å². The molecule has 0 saturated heterocycles. The Morgan fingerprint density at radius 3 is 2.40 bits per heavy atom. The van der Waals surface area contributed by atoms with Crippen molar-refractivity contribution in [1.29, 1.82) is 0 Å². The van der Waals surface area contributed by atoms with Crippen LogP contribution in [0.25, 0.3) is 0 Å². The standard InChI is InChI=1S/C15H20ClNO3/c1-2-3-4-5-6-13(15(19)20)17-14(18)11-7-9-12(16)10-8-11/h7-10,13H,2-6H2,1H3,(H,17,18)(H,19,20)/t13-/m1/s1. The minimum Gasteiger partial charge on any atom is -0.480 e. The number of carboxylic acid groups (broad SMARTS) is 1. The SMILES string of the molecule is CCCCCC[C@@H](NC(=O)c1ccc(Cl)cc1)C(=O)O. The van der Waals surface area contributed by atoms with Gasteiger partial charge in [0, 0.05) is 10.6 Å². The maximum atomic E-state index is 11.9. The van der Waals surface area contributed by atoms with Crippen molar-refractivity contribution >= 4 is 23.5 Å². The zero-order valence-electron chi connectivity index (χ0n) is 11.6. The highest BCUT2D eigenvalue weighted by atomic mass is 35.5. The second-order valence-corrected chi connectivity index (χ2v) is 5.16. The fourth-order valence-electron chi connectivity index (χ4n) is 1.88. The van der Waals surface area contributed by atoms with Gasteiger partial charge < -0.3 is 10.4 Å². The molecule has 0 aromatic heterocycles. The number of aliphatic carboxylic acids is 1. The molecule has 0 unspecified atom stereocenters. The van der Waals surface area contributed by atoms with E-state index in [4.69, 9.17) is 16.7 Å². The van der Waals surface area contributed by atoms with Crippen molar-refractivity contribution in [1.82, 2.24) is 5.32 Å². The number of halogens is 1. The summed E-state index contributed by atoms with van der Waals surface area (Å²) in [6, 6.07) is 5.53. The van der Waals surface area contributed by atoms with E-state index < -0.39 is 12.0 Å². The Kier molecular flexibility index (Phi) is 7.09. The second-order valence-electron chi connectivity index (χ2n) is 4.72. The highest BCUT2D eigenvalue weighted by Gasteiger charge is 2.19. The highest BCUT2D eigenvalue weighted by Crippen LogP contribution is 2.11. The lowest BCUT2D eigenvalue weighted by Crippen LogP contribution is -2.40. The van der Waals surface area contributed by atoms with Crippen LogP contribution >= 0.6 is 11.6 Å². The van der Waals surface area contributed by atoms with E-state index in [0.717, 1.165) is 25.7 Å². The van der Waals surface area contributed by atoms with Gasteiger partial charge in [-0.15, -0.1) is 0 Å². The van der Waals surface area contributed by atoms with Crippen LogP contribution in [0.5, 0.6) is 0 Å². The van der Waals surface area contributed by atoms with E-state index in [1.807, 2.05) is 0 Å². The summed E-state index contributed by atoms with van der Waals surface area (Å²) in [7, 11) is 0. The number of rotatable bonds is 8. The summed E-state index contributed by atoms with van der Waals surface area (Å²) in [5.74, 6) is -1.38. The first kappa shape index (κ1) is 16.5. The Morgan fingerprint density at radius 1 is 1.20 bits per heavy atom. The Labute approximate surface area is 124 Å². The van der Waals surface area contributed by atoms with Gasteiger partial charge in [0.1, 0.15) is 6.04 Å². The van der Waals surface area contributed by atoms with Gasteiger partial charge in [0.2, 0.25) is 0 Å². The normalized spacial score (nSPS) is 11.9. The maximum absolute atomic E-state index is 11.9. The van der Waals surface area contributed by atoms with E-state index in [1.165, 1.54) is 0 Å². The zero-order valence-corrected chi connectivity index (χ0v) is 12.3. The number of hydrogen-bond donors (Lipinski definition) is 2. The third-order valence-electron chi connectivity index (χ3n) is 3.06. The van der Waals surface area contributed by atoms with Crippen molar-refractivity contribution in [3.05, 3.63) is 34.9 Å². The molecule has 1 atom stereocenters. The first-order valence-electron chi connectivity index (χ1n) is 6.83. The smallest absolute Gasteiger partial charge is 0.326 e. The summed E-state index contributed by atoms with van der Waals surface area (Å²) >= 11 is 5.74. The quantitative estimate of drug-likeness (QED) is 0.722. The van der Waals surface area contributed by atoms with Crippen LogP contribution in [0, 0.1) is 0 Å². The van der Waals surface area contributed by atoms with Crippen LogP contribution in [-0.2, 0) is 4.79 Å². The molecule has 0 radical (unpaired) electrons. The van der Waals surface area contributed by atoms with Gasteiger partial charge in [0.15, 0.2) is 0 Å². The molecule has 0 fully saturated rings. The third-order valence-corrected chi connectivity index (χ3v) is 3.31. The molecule has 110 valence electrons. The molecule has 0 bridgehead atoms. The molecule has 1 amide bonds. The molecule has 0 saturated carbocycles. The summed E-state index contributed by atoms with van der Waals surface area (Å²) in [6.45, 7) is 2.09. The molecule has 1 aromatic carbocycles. The predicted molar refractivity (Wildman–Crippen MR) is 79.1 cm³/mol. The topological polar surface area (TPSA) is 66.4 Å². The van der Waals surface area contributed by atoms with Crippen molar-refractivity contribution in [3.8, 4) is 0 Å². The lowest BCUT2D eigenvalue weighted by molar-refractivity contribution is -0.139. The molecular weight excluding hydrogens is 278 g/mol. The van der Waals surface area contributed by atoms with Gasteiger partial charge >= 0.3 is 5.97 Å². The first-order chi connectivity index (χ1) is 9.54. The largest absolute Gasteiger partial charge is 0.480 e. The van der Waals surface area contributed by atoms with Crippen molar-refractivity contribution in [2.24, 2.45) is 0 Å². The predicted octanol–water partition coefficient (Wildman–Crippen LogP) is 3.49. The van der Waals surface area contributed by atoms with Crippen LogP contribution in [-0.4, -0.2) is 23.0 Å². The summed E-state index contributed by atoms with van der Waals surface area (Å²) in [4.78, 5) is 23.1. The number of benzene rings is 1. The summed E-state index contributed by atoms with van der Waals surface area (Å²) in [6.07, 6.45) is 4.41. The molecule has 0 aliphatic heterocycles. The molecule has 2 N–H and O–H groups in total. The summed E-state index contributed by atoms with van der Waals surface area (Å²) in [5, 5.41) is 12.2. The molecular formula is C15H20ClNO3. The molecule has 0 aliphatic carbocycles. The Morgan fingerprint density at radius 2 is 1.85 bits per heavy atom. The summed E-state index contributed by atoms with van der Waals surface area (Å²) < 4.78 is 0. The van der Waals surface area contributed by atoms with E-state index in [1.54, 1.807) is 24.3 Å². The second kappa shape index (κ2) is 8.59. The zero-order chi connectivity index (χ0) is 15.0. The van der Waals surface area contributed by atoms with Gasteiger partial charge in [0.05, 0.1) is 0 Å². The fraction of sp³-hybridized carbons (Fsp3) is 0.467. The van der Waals surface area contributed by atoms with Gasteiger partial charge in [-0.25, -0.2) is 4.79 Å². The molecule has 1 aromatic rings. The highest BCUT2D eigenvalue weighted by molar-refractivity contribution is 6.30. The minimum atomic E-state index is -0.996. The van der Waals surface area contributed by atoms with Crippen molar-refractivity contribution in [2.75, 3.05) is 0 Å². The van der Waals surface area contributed by atoms with Crippen molar-refractivity contribution in [2.45, 2.75) is 45.1 Å². The van der Waals surface area contributed by atoms with Crippen LogP contribution in [0.3, 0.4) is 0 Å². The number of carboxylic acids is 1. The van der Waals surface area contributed by atoms with Gasteiger partial charge in [0.25, 0.3) is 5.91 Å². The van der Waals surface area contributed by atoms with E-state index in [2.05, 4.69) is 12.2 Å². The first-order valence-corrected chi connectivity index (χ1v) is 7.21. The number of carbonyl (C=O) groups excluding carboxylic acids is 1. The molecule has 20 heavy (non-hydrogen) atoms. The van der Waals surface area contributed by atoms with Crippen LogP contribution in [0.15, 0.2) is 24.3 Å². The van der Waals surface area contributed by atoms with Crippen molar-refractivity contribution < 1.29 is 14.7 Å². The van der Waals surface area contributed by atoms with Crippen LogP contribution in [0.1, 0.15) is 49.4 Å². The maximum Gasteiger partial charge on any atom is 0.326 e. The Hall–Kier alpha value is -1.55. The minimum absolute atomic E-state index is 0.385. The van der Waals surface area contributed by atoms with Gasteiger partial charge in [-0.3, -0.25) is 4.79 Å². The number of unbranched alkanes of at least 4 members (excludes halogenated alkanes) is 3. The Balaban J connectivity index is 2.54. The average molecular weight is 298 g/mol. The van der Waals surface area contributed by atoms with E-state index >= 15 is 0 Å². The van der Waals surface area contributed by atoms with E-state index in [-0.39, 0.29) is 5.91 Å². The number of amides is 1. The average Bonchev–Trinajstić information content (AvgIpc) is 2.42. The molecule has 0 spiro atoms. The third kappa shape index (κ3) is 5.61. The lowest BCUT2D eigenvalue weighted by Gasteiger charge is -2.14. The fourth-order valence-corrected chi connectivity index (χ4v) is 2.00. The number of nitrogens with one attached hydrogen (secondary N) is 1. The number of hydrogen-bond acceptors (Lipinski definition) is 2. The monoisotopic (exact) mass is 297 g/mol. The summed E-state index contributed by atoms with van der Waals surface area (Å²) in [5.41, 5.74) is 0.411. The molecule has 0 heterocycles.